The van der Waals surface area contributed by atoms with E-state index in [1.54, 1.807) is 6.07 Å². The highest BCUT2D eigenvalue weighted by Gasteiger charge is 2.09. The van der Waals surface area contributed by atoms with Gasteiger partial charge >= 0.3 is 0 Å². The molecule has 2 aromatic rings. The number of nitrogens with two attached hydrogens (primary N) is 1. The lowest BCUT2D eigenvalue weighted by Gasteiger charge is -2.25. The smallest absolute Gasteiger partial charge is 0.0923 e. The summed E-state index contributed by atoms with van der Waals surface area (Å²) in [5.74, 6) is 0.185. The first-order valence-corrected chi connectivity index (χ1v) is 7.38. The largest absolute Gasteiger partial charge is 0.388 e. The number of hydrogen-bond acceptors (Lipinski definition) is 2. The van der Waals surface area contributed by atoms with E-state index in [9.17, 15) is 0 Å². The molecule has 0 spiro atoms. The van der Waals surface area contributed by atoms with Gasteiger partial charge in [-0.2, -0.15) is 0 Å². The molecule has 3 N–H and O–H groups in total. The van der Waals surface area contributed by atoms with Crippen molar-refractivity contribution < 1.29 is 0 Å². The fraction of sp³-hybridized carbons (Fsp3) is 0.188. The van der Waals surface area contributed by atoms with Gasteiger partial charge in [-0.05, 0) is 29.8 Å². The third kappa shape index (κ3) is 4.66. The van der Waals surface area contributed by atoms with Gasteiger partial charge in [0.05, 0.1) is 15.9 Å². The highest BCUT2D eigenvalue weighted by molar-refractivity contribution is 6.42. The van der Waals surface area contributed by atoms with Crippen molar-refractivity contribution in [3.8, 4) is 0 Å². The van der Waals surface area contributed by atoms with Crippen molar-refractivity contribution in [3.05, 3.63) is 64.1 Å². The minimum atomic E-state index is 0.185. The first kappa shape index (κ1) is 15.7. The molecule has 0 unspecified atom stereocenters. The first-order chi connectivity index (χ1) is 10.1. The molecule has 0 radical (unpaired) electrons. The third-order valence-electron chi connectivity index (χ3n) is 3.13. The number of para-hydroxylation sites is 1. The number of amidine groups is 1. The third-order valence-corrected chi connectivity index (χ3v) is 3.87. The van der Waals surface area contributed by atoms with Crippen molar-refractivity contribution in [2.75, 3.05) is 11.4 Å². The Balaban J connectivity index is 2.18. The molecule has 21 heavy (non-hydrogen) atoms. The Morgan fingerprint density at radius 1 is 1.05 bits per heavy atom. The maximum atomic E-state index is 7.40. The summed E-state index contributed by atoms with van der Waals surface area (Å²) in [5, 5.41) is 8.51. The molecule has 5 heteroatoms. The SMILES string of the molecule is N=C(N)CCN(Cc1ccc(Cl)c(Cl)c1)c1ccccc1. The molecule has 0 aliphatic heterocycles. The molecule has 0 saturated heterocycles. The number of nitrogens with zero attached hydrogens (tertiary/aromatic N) is 1. The number of anilines is 1. The van der Waals surface area contributed by atoms with Gasteiger partial charge in [0, 0.05) is 25.2 Å². The van der Waals surface area contributed by atoms with Gasteiger partial charge in [0.15, 0.2) is 0 Å². The second-order valence-corrected chi connectivity index (χ2v) is 5.60. The summed E-state index contributed by atoms with van der Waals surface area (Å²) >= 11 is 12.0. The van der Waals surface area contributed by atoms with Crippen LogP contribution in [-0.2, 0) is 6.54 Å². The van der Waals surface area contributed by atoms with E-state index < -0.39 is 0 Å². The summed E-state index contributed by atoms with van der Waals surface area (Å²) < 4.78 is 0. The van der Waals surface area contributed by atoms with Crippen LogP contribution in [0.3, 0.4) is 0 Å². The van der Waals surface area contributed by atoms with Crippen LogP contribution < -0.4 is 10.6 Å². The minimum Gasteiger partial charge on any atom is -0.388 e. The highest BCUT2D eigenvalue weighted by Crippen LogP contribution is 2.24. The van der Waals surface area contributed by atoms with E-state index in [0.29, 0.717) is 29.6 Å². The second kappa shape index (κ2) is 7.34. The Labute approximate surface area is 134 Å². The van der Waals surface area contributed by atoms with E-state index in [0.717, 1.165) is 11.3 Å². The molecule has 0 amide bonds. The molecular weight excluding hydrogens is 305 g/mol. The Bertz CT molecular complexity index is 614. The van der Waals surface area contributed by atoms with E-state index in [1.807, 2.05) is 42.5 Å². The van der Waals surface area contributed by atoms with Crippen LogP contribution in [0.2, 0.25) is 10.0 Å². The Kier molecular flexibility index (Phi) is 5.48. The van der Waals surface area contributed by atoms with Crippen molar-refractivity contribution >= 4 is 34.7 Å². The first-order valence-electron chi connectivity index (χ1n) is 6.63. The van der Waals surface area contributed by atoms with Crippen LogP contribution in [0.15, 0.2) is 48.5 Å². The molecule has 0 aliphatic carbocycles. The van der Waals surface area contributed by atoms with Gasteiger partial charge in [-0.1, -0.05) is 47.5 Å². The number of benzene rings is 2. The van der Waals surface area contributed by atoms with Crippen LogP contribution in [0.5, 0.6) is 0 Å². The van der Waals surface area contributed by atoms with E-state index in [4.69, 9.17) is 34.3 Å². The lowest BCUT2D eigenvalue weighted by atomic mass is 10.2. The summed E-state index contributed by atoms with van der Waals surface area (Å²) in [5.41, 5.74) is 7.63. The maximum Gasteiger partial charge on any atom is 0.0923 e. The normalized spacial score (nSPS) is 10.4. The lowest BCUT2D eigenvalue weighted by molar-refractivity contribution is 0.802. The van der Waals surface area contributed by atoms with Crippen molar-refractivity contribution in [2.45, 2.75) is 13.0 Å². The van der Waals surface area contributed by atoms with Gasteiger partial charge in [-0.25, -0.2) is 0 Å². The van der Waals surface area contributed by atoms with Crippen LogP contribution >= 0.6 is 23.2 Å². The fourth-order valence-electron chi connectivity index (χ4n) is 2.05. The van der Waals surface area contributed by atoms with E-state index in [2.05, 4.69) is 4.90 Å². The van der Waals surface area contributed by atoms with E-state index >= 15 is 0 Å². The van der Waals surface area contributed by atoms with Crippen molar-refractivity contribution in [2.24, 2.45) is 5.73 Å². The highest BCUT2D eigenvalue weighted by atomic mass is 35.5. The molecule has 3 nitrogen and oxygen atoms in total. The molecule has 0 heterocycles. The molecule has 0 aliphatic rings. The average Bonchev–Trinajstić information content (AvgIpc) is 2.48. The van der Waals surface area contributed by atoms with Crippen LogP contribution in [0.1, 0.15) is 12.0 Å². The molecule has 0 atom stereocenters. The average molecular weight is 322 g/mol. The molecule has 0 bridgehead atoms. The minimum absolute atomic E-state index is 0.185. The zero-order chi connectivity index (χ0) is 15.2. The van der Waals surface area contributed by atoms with E-state index in [1.165, 1.54) is 0 Å². The predicted molar refractivity (Wildman–Crippen MR) is 90.5 cm³/mol. The number of halogens is 2. The summed E-state index contributed by atoms with van der Waals surface area (Å²) in [4.78, 5) is 2.17. The van der Waals surface area contributed by atoms with Crippen LogP contribution in [0.25, 0.3) is 0 Å². The monoisotopic (exact) mass is 321 g/mol. The fourth-order valence-corrected chi connectivity index (χ4v) is 2.37. The van der Waals surface area contributed by atoms with E-state index in [-0.39, 0.29) is 5.84 Å². The predicted octanol–water partition coefficient (Wildman–Crippen LogP) is 4.33. The second-order valence-electron chi connectivity index (χ2n) is 4.78. The molecule has 2 rings (SSSR count). The van der Waals surface area contributed by atoms with Gasteiger partial charge in [-0.15, -0.1) is 0 Å². The Hall–Kier alpha value is -1.71. The van der Waals surface area contributed by atoms with Gasteiger partial charge < -0.3 is 10.6 Å². The molecule has 0 fully saturated rings. The molecule has 2 aromatic carbocycles. The van der Waals surface area contributed by atoms with Crippen LogP contribution in [-0.4, -0.2) is 12.4 Å². The van der Waals surface area contributed by atoms with Crippen molar-refractivity contribution in [1.29, 1.82) is 5.41 Å². The van der Waals surface area contributed by atoms with Gasteiger partial charge in [0.1, 0.15) is 0 Å². The molecule has 110 valence electrons. The topological polar surface area (TPSA) is 53.1 Å². The summed E-state index contributed by atoms with van der Waals surface area (Å²) in [7, 11) is 0. The Morgan fingerprint density at radius 2 is 1.76 bits per heavy atom. The van der Waals surface area contributed by atoms with Crippen molar-refractivity contribution in [1.82, 2.24) is 0 Å². The summed E-state index contributed by atoms with van der Waals surface area (Å²) in [6.45, 7) is 1.37. The van der Waals surface area contributed by atoms with Crippen LogP contribution in [0.4, 0.5) is 5.69 Å². The Morgan fingerprint density at radius 3 is 2.38 bits per heavy atom. The summed E-state index contributed by atoms with van der Waals surface area (Å²) in [6.07, 6.45) is 0.524. The molecular formula is C16H17Cl2N3. The van der Waals surface area contributed by atoms with Gasteiger partial charge in [0.2, 0.25) is 0 Å². The number of nitrogens with one attached hydrogen (secondary N) is 1. The number of hydrogen-bond donors (Lipinski definition) is 2. The zero-order valence-corrected chi connectivity index (χ0v) is 13.0. The number of rotatable bonds is 6. The van der Waals surface area contributed by atoms with Gasteiger partial charge in [0.25, 0.3) is 0 Å². The lowest BCUT2D eigenvalue weighted by Crippen LogP contribution is -2.27. The zero-order valence-electron chi connectivity index (χ0n) is 11.5. The standard InChI is InChI=1S/C16H17Cl2N3/c17-14-7-6-12(10-15(14)18)11-21(9-8-16(19)20)13-4-2-1-3-5-13/h1-7,10H,8-9,11H2,(H3,19,20). The van der Waals surface area contributed by atoms with Crippen LogP contribution in [0, 0.1) is 5.41 Å². The summed E-state index contributed by atoms with van der Waals surface area (Å²) in [6, 6.07) is 15.7. The molecule has 0 saturated carbocycles. The van der Waals surface area contributed by atoms with Crippen molar-refractivity contribution in [3.63, 3.8) is 0 Å². The quantitative estimate of drug-likeness (QED) is 0.614. The molecule has 0 aromatic heterocycles. The van der Waals surface area contributed by atoms with Gasteiger partial charge in [-0.3, -0.25) is 5.41 Å². The maximum absolute atomic E-state index is 7.40.